The Kier molecular flexibility index (Phi) is 2.78. The van der Waals surface area contributed by atoms with E-state index in [1.54, 1.807) is 0 Å². The summed E-state index contributed by atoms with van der Waals surface area (Å²) in [5.74, 6) is 0. The minimum absolute atomic E-state index is 0.869. The van der Waals surface area contributed by atoms with Crippen molar-refractivity contribution < 1.29 is 0 Å². The van der Waals surface area contributed by atoms with E-state index >= 15 is 0 Å². The third kappa shape index (κ3) is 1.64. The van der Waals surface area contributed by atoms with Gasteiger partial charge in [-0.3, -0.25) is 0 Å². The molecule has 14 heavy (non-hydrogen) atoms. The Morgan fingerprint density at radius 2 is 2.21 bits per heavy atom. The average molecular weight is 208 g/mol. The summed E-state index contributed by atoms with van der Waals surface area (Å²) in [5, 5.41) is 0.869. The van der Waals surface area contributed by atoms with E-state index in [1.807, 2.05) is 22.7 Å². The van der Waals surface area contributed by atoms with Crippen LogP contribution >= 0.6 is 11.6 Å². The predicted octanol–water partition coefficient (Wildman–Crippen LogP) is 3.94. The molecule has 0 saturated heterocycles. The maximum absolute atomic E-state index is 6.26. The van der Waals surface area contributed by atoms with E-state index in [2.05, 4.69) is 19.1 Å². The molecule has 0 unspecified atom stereocenters. The molecular formula is C12H14ClN. The zero-order valence-corrected chi connectivity index (χ0v) is 9.09. The number of halogens is 1. The van der Waals surface area contributed by atoms with Crippen molar-refractivity contribution in [1.82, 2.24) is 4.40 Å². The van der Waals surface area contributed by atoms with Gasteiger partial charge >= 0.3 is 0 Å². The Balaban J connectivity index is 2.41. The lowest BCUT2D eigenvalue weighted by Gasteiger charge is -1.97. The van der Waals surface area contributed by atoms with Gasteiger partial charge in [0.05, 0.1) is 0 Å². The van der Waals surface area contributed by atoms with Gasteiger partial charge in [0, 0.05) is 11.7 Å². The number of hydrogen-bond donors (Lipinski definition) is 0. The zero-order valence-electron chi connectivity index (χ0n) is 8.33. The third-order valence-corrected chi connectivity index (χ3v) is 2.91. The highest BCUT2D eigenvalue weighted by atomic mass is 35.5. The Morgan fingerprint density at radius 1 is 1.36 bits per heavy atom. The van der Waals surface area contributed by atoms with E-state index in [1.165, 1.54) is 23.9 Å². The lowest BCUT2D eigenvalue weighted by atomic mass is 10.1. The molecule has 2 rings (SSSR count). The van der Waals surface area contributed by atoms with Crippen molar-refractivity contribution in [3.05, 3.63) is 41.2 Å². The SMILES string of the molecule is CCCCc1cc2ccccn2c1Cl. The molecule has 2 heteroatoms. The van der Waals surface area contributed by atoms with Crippen molar-refractivity contribution in [3.8, 4) is 0 Å². The summed E-state index contributed by atoms with van der Waals surface area (Å²) in [6, 6.07) is 8.30. The molecule has 0 amide bonds. The summed E-state index contributed by atoms with van der Waals surface area (Å²) in [6.45, 7) is 2.20. The molecule has 0 N–H and O–H groups in total. The van der Waals surface area contributed by atoms with Gasteiger partial charge in [0.15, 0.2) is 0 Å². The molecule has 0 radical (unpaired) electrons. The number of fused-ring (bicyclic) bond motifs is 1. The summed E-state index contributed by atoms with van der Waals surface area (Å²) in [6.07, 6.45) is 5.50. The van der Waals surface area contributed by atoms with Gasteiger partial charge in [-0.05, 0) is 36.6 Å². The minimum atomic E-state index is 0.869. The normalized spacial score (nSPS) is 11.0. The Labute approximate surface area is 89.3 Å². The van der Waals surface area contributed by atoms with E-state index in [0.29, 0.717) is 0 Å². The fraction of sp³-hybridized carbons (Fsp3) is 0.333. The van der Waals surface area contributed by atoms with Gasteiger partial charge in [-0.15, -0.1) is 0 Å². The van der Waals surface area contributed by atoms with Crippen LogP contribution < -0.4 is 0 Å². The molecule has 0 atom stereocenters. The van der Waals surface area contributed by atoms with Crippen LogP contribution in [-0.4, -0.2) is 4.40 Å². The van der Waals surface area contributed by atoms with Crippen molar-refractivity contribution in [2.75, 3.05) is 0 Å². The molecule has 0 saturated carbocycles. The fourth-order valence-corrected chi connectivity index (χ4v) is 1.99. The minimum Gasteiger partial charge on any atom is -0.307 e. The number of unbranched alkanes of at least 4 members (excludes halogenated alkanes) is 1. The highest BCUT2D eigenvalue weighted by molar-refractivity contribution is 6.30. The second-order valence-electron chi connectivity index (χ2n) is 3.56. The number of aromatic nitrogens is 1. The van der Waals surface area contributed by atoms with Crippen LogP contribution in [0.1, 0.15) is 25.3 Å². The molecule has 1 nitrogen and oxygen atoms in total. The molecule has 2 heterocycles. The first-order valence-corrected chi connectivity index (χ1v) is 5.45. The summed E-state index contributed by atoms with van der Waals surface area (Å²) in [4.78, 5) is 0. The predicted molar refractivity (Wildman–Crippen MR) is 61.0 cm³/mol. The smallest absolute Gasteiger partial charge is 0.116 e. The van der Waals surface area contributed by atoms with Crippen molar-refractivity contribution in [2.45, 2.75) is 26.2 Å². The highest BCUT2D eigenvalue weighted by Gasteiger charge is 2.05. The molecule has 74 valence electrons. The van der Waals surface area contributed by atoms with Crippen molar-refractivity contribution >= 4 is 17.1 Å². The van der Waals surface area contributed by atoms with Crippen LogP contribution in [0.5, 0.6) is 0 Å². The standard InChI is InChI=1S/C12H14ClN/c1-2-3-6-10-9-11-7-4-5-8-14(11)12(10)13/h4-5,7-9H,2-3,6H2,1H3. The first kappa shape index (κ1) is 9.60. The van der Waals surface area contributed by atoms with E-state index in [9.17, 15) is 0 Å². The van der Waals surface area contributed by atoms with Crippen LogP contribution in [0.2, 0.25) is 5.15 Å². The summed E-state index contributed by atoms with van der Waals surface area (Å²) in [7, 11) is 0. The number of rotatable bonds is 3. The van der Waals surface area contributed by atoms with E-state index < -0.39 is 0 Å². The second kappa shape index (κ2) is 4.05. The lowest BCUT2D eigenvalue weighted by molar-refractivity contribution is 0.795. The van der Waals surface area contributed by atoms with Gasteiger partial charge in [-0.1, -0.05) is 31.0 Å². The molecular weight excluding hydrogens is 194 g/mol. The molecule has 0 aliphatic rings. The van der Waals surface area contributed by atoms with Gasteiger partial charge in [0.25, 0.3) is 0 Å². The first-order chi connectivity index (χ1) is 6.83. The summed E-state index contributed by atoms with van der Waals surface area (Å²) >= 11 is 6.26. The Bertz CT molecular complexity index is 431. The van der Waals surface area contributed by atoms with Crippen molar-refractivity contribution in [1.29, 1.82) is 0 Å². The monoisotopic (exact) mass is 207 g/mol. The van der Waals surface area contributed by atoms with Crippen LogP contribution in [-0.2, 0) is 6.42 Å². The fourth-order valence-electron chi connectivity index (χ4n) is 1.69. The average Bonchev–Trinajstić information content (AvgIpc) is 2.54. The molecule has 2 aromatic heterocycles. The number of nitrogens with zero attached hydrogens (tertiary/aromatic N) is 1. The largest absolute Gasteiger partial charge is 0.307 e. The maximum Gasteiger partial charge on any atom is 0.116 e. The topological polar surface area (TPSA) is 4.41 Å². The lowest BCUT2D eigenvalue weighted by Crippen LogP contribution is -1.84. The van der Waals surface area contributed by atoms with E-state index in [4.69, 9.17) is 11.6 Å². The number of pyridine rings is 1. The second-order valence-corrected chi connectivity index (χ2v) is 3.92. The molecule has 2 aromatic rings. The van der Waals surface area contributed by atoms with Crippen LogP contribution in [0.15, 0.2) is 30.5 Å². The molecule has 0 aliphatic carbocycles. The van der Waals surface area contributed by atoms with Crippen molar-refractivity contribution in [2.24, 2.45) is 0 Å². The Morgan fingerprint density at radius 3 is 2.93 bits per heavy atom. The third-order valence-electron chi connectivity index (χ3n) is 2.49. The highest BCUT2D eigenvalue weighted by Crippen LogP contribution is 2.23. The van der Waals surface area contributed by atoms with Gasteiger partial charge < -0.3 is 4.40 Å². The first-order valence-electron chi connectivity index (χ1n) is 5.07. The van der Waals surface area contributed by atoms with Crippen molar-refractivity contribution in [3.63, 3.8) is 0 Å². The van der Waals surface area contributed by atoms with E-state index in [0.717, 1.165) is 11.6 Å². The number of aryl methyl sites for hydroxylation is 1. The van der Waals surface area contributed by atoms with Crippen LogP contribution in [0.3, 0.4) is 0 Å². The van der Waals surface area contributed by atoms with Crippen LogP contribution in [0, 0.1) is 0 Å². The van der Waals surface area contributed by atoms with Crippen LogP contribution in [0.4, 0.5) is 0 Å². The molecule has 0 aromatic carbocycles. The van der Waals surface area contributed by atoms with E-state index in [-0.39, 0.29) is 0 Å². The molecule has 0 fully saturated rings. The molecule has 0 aliphatic heterocycles. The van der Waals surface area contributed by atoms with Gasteiger partial charge in [0.1, 0.15) is 5.15 Å². The van der Waals surface area contributed by atoms with Gasteiger partial charge in [-0.2, -0.15) is 0 Å². The molecule has 0 spiro atoms. The maximum atomic E-state index is 6.26. The summed E-state index contributed by atoms with van der Waals surface area (Å²) in [5.41, 5.74) is 2.45. The van der Waals surface area contributed by atoms with Crippen LogP contribution in [0.25, 0.3) is 5.52 Å². The Hall–Kier alpha value is -0.950. The summed E-state index contributed by atoms with van der Waals surface area (Å²) < 4.78 is 2.03. The quantitative estimate of drug-likeness (QED) is 0.718. The zero-order chi connectivity index (χ0) is 9.97. The number of hydrogen-bond acceptors (Lipinski definition) is 0. The van der Waals surface area contributed by atoms with Gasteiger partial charge in [0.2, 0.25) is 0 Å². The molecule has 0 bridgehead atoms. The van der Waals surface area contributed by atoms with Gasteiger partial charge in [-0.25, -0.2) is 0 Å².